The summed E-state index contributed by atoms with van der Waals surface area (Å²) in [7, 11) is 1.65. The zero-order chi connectivity index (χ0) is 33.5. The molecule has 1 aliphatic heterocycles. The van der Waals surface area contributed by atoms with Crippen molar-refractivity contribution in [1.82, 2.24) is 0 Å². The molecule has 0 radical (unpaired) electrons. The van der Waals surface area contributed by atoms with Gasteiger partial charge in [0.25, 0.3) is 0 Å². The van der Waals surface area contributed by atoms with Gasteiger partial charge in [-0.05, 0) is 52.1 Å². The first-order valence-corrected chi connectivity index (χ1v) is 16.7. The van der Waals surface area contributed by atoms with E-state index in [2.05, 4.69) is 24.3 Å². The van der Waals surface area contributed by atoms with Crippen molar-refractivity contribution in [2.75, 3.05) is 13.7 Å². The molecular weight excluding hydrogens is 614 g/mol. The van der Waals surface area contributed by atoms with Crippen LogP contribution >= 0.6 is 0 Å². The first kappa shape index (κ1) is 34.2. The molecular formula is C42H43NO6. The van der Waals surface area contributed by atoms with Crippen LogP contribution in [0.1, 0.15) is 27.8 Å². The van der Waals surface area contributed by atoms with Crippen molar-refractivity contribution in [3.05, 3.63) is 173 Å². The summed E-state index contributed by atoms with van der Waals surface area (Å²) >= 11 is 0. The molecule has 5 aromatic carbocycles. The predicted molar refractivity (Wildman–Crippen MR) is 190 cm³/mol. The zero-order valence-electron chi connectivity index (χ0n) is 27.8. The van der Waals surface area contributed by atoms with Crippen LogP contribution < -0.4 is 4.74 Å². The number of rotatable bonds is 16. The second-order valence-electron chi connectivity index (χ2n) is 11.9. The van der Waals surface area contributed by atoms with Crippen LogP contribution in [0.25, 0.3) is 0 Å². The fourth-order valence-electron chi connectivity index (χ4n) is 5.73. The molecule has 0 bridgehead atoms. The molecule has 6 rings (SSSR count). The highest BCUT2D eigenvalue weighted by Gasteiger charge is 2.48. The van der Waals surface area contributed by atoms with Crippen molar-refractivity contribution in [3.8, 4) is 5.75 Å². The highest BCUT2D eigenvalue weighted by molar-refractivity contribution is 5.80. The lowest BCUT2D eigenvalue weighted by molar-refractivity contribution is -0.288. The molecule has 7 heteroatoms. The summed E-state index contributed by atoms with van der Waals surface area (Å²) in [5, 5.41) is 0. The van der Waals surface area contributed by atoms with E-state index in [0.29, 0.717) is 26.4 Å². The van der Waals surface area contributed by atoms with Crippen LogP contribution in [-0.2, 0) is 50.1 Å². The van der Waals surface area contributed by atoms with Crippen LogP contribution in [0.5, 0.6) is 5.75 Å². The Labute approximate surface area is 289 Å². The second kappa shape index (κ2) is 18.2. The molecule has 0 aromatic heterocycles. The fourth-order valence-corrected chi connectivity index (χ4v) is 5.73. The van der Waals surface area contributed by atoms with Crippen LogP contribution in [0.4, 0.5) is 0 Å². The number of aliphatic imine (C=N–C) groups is 1. The molecule has 1 saturated heterocycles. The van der Waals surface area contributed by atoms with Gasteiger partial charge in [-0.3, -0.25) is 4.99 Å². The second-order valence-corrected chi connectivity index (χ2v) is 11.9. The minimum atomic E-state index is -0.739. The Balaban J connectivity index is 1.32. The van der Waals surface area contributed by atoms with E-state index in [0.717, 1.165) is 33.6 Å². The molecule has 1 fully saturated rings. The molecule has 5 atom stereocenters. The molecule has 0 N–H and O–H groups in total. The van der Waals surface area contributed by atoms with E-state index in [1.54, 1.807) is 7.11 Å². The van der Waals surface area contributed by atoms with Gasteiger partial charge >= 0.3 is 0 Å². The van der Waals surface area contributed by atoms with Gasteiger partial charge in [-0.25, -0.2) is 0 Å². The summed E-state index contributed by atoms with van der Waals surface area (Å²) in [6, 6.07) is 47.6. The van der Waals surface area contributed by atoms with Crippen molar-refractivity contribution in [2.24, 2.45) is 4.99 Å². The Hall–Kier alpha value is -4.63. The standard InChI is InChI=1S/C42H43NO6/c1-44-37-24-22-32(23-25-37)26-43-39-41(47-29-35-18-10-4-11-19-35)40(46-28-34-16-8-3-9-17-34)38(31-45-27-33-14-6-2-7-15-33)49-42(39)48-30-36-20-12-5-13-21-36/h2-26,38-42H,27-31H2,1H3/b43-26+/t38-,39-,40-,41-,42?/m1/s1. The van der Waals surface area contributed by atoms with Gasteiger partial charge in [-0.2, -0.15) is 0 Å². The molecule has 5 aromatic rings. The maximum absolute atomic E-state index is 6.81. The molecule has 0 aliphatic carbocycles. The third-order valence-electron chi connectivity index (χ3n) is 8.35. The van der Waals surface area contributed by atoms with Crippen LogP contribution in [0.2, 0.25) is 0 Å². The van der Waals surface area contributed by atoms with E-state index in [1.165, 1.54) is 0 Å². The molecule has 1 unspecified atom stereocenters. The Morgan fingerprint density at radius 2 is 1.02 bits per heavy atom. The molecule has 0 amide bonds. The van der Waals surface area contributed by atoms with Crippen molar-refractivity contribution in [1.29, 1.82) is 0 Å². The summed E-state index contributed by atoms with van der Waals surface area (Å²) in [5.41, 5.74) is 5.13. The number of hydrogen-bond acceptors (Lipinski definition) is 7. The zero-order valence-corrected chi connectivity index (χ0v) is 27.8. The average molecular weight is 658 g/mol. The Bertz CT molecular complexity index is 1670. The number of ether oxygens (including phenoxy) is 6. The predicted octanol–water partition coefficient (Wildman–Crippen LogP) is 7.81. The van der Waals surface area contributed by atoms with E-state index in [9.17, 15) is 0 Å². The van der Waals surface area contributed by atoms with Gasteiger partial charge in [0, 0.05) is 6.21 Å². The van der Waals surface area contributed by atoms with Gasteiger partial charge in [0.1, 0.15) is 30.1 Å². The van der Waals surface area contributed by atoms with Gasteiger partial charge in [-0.15, -0.1) is 0 Å². The normalized spacial score (nSPS) is 20.7. The quantitative estimate of drug-likeness (QED) is 0.101. The topological polar surface area (TPSA) is 67.7 Å². The highest BCUT2D eigenvalue weighted by atomic mass is 16.7. The first-order chi connectivity index (χ1) is 24.2. The smallest absolute Gasteiger partial charge is 0.183 e. The third kappa shape index (κ3) is 10.2. The van der Waals surface area contributed by atoms with E-state index in [4.69, 9.17) is 33.4 Å². The largest absolute Gasteiger partial charge is 0.497 e. The fraction of sp³-hybridized carbons (Fsp3) is 0.262. The highest BCUT2D eigenvalue weighted by Crippen LogP contribution is 2.32. The molecule has 0 saturated carbocycles. The van der Waals surface area contributed by atoms with Gasteiger partial charge in [0.15, 0.2) is 6.29 Å². The molecule has 7 nitrogen and oxygen atoms in total. The number of hydrogen-bond donors (Lipinski definition) is 0. The molecule has 1 aliphatic rings. The van der Waals surface area contributed by atoms with Crippen LogP contribution in [-0.4, -0.2) is 50.6 Å². The van der Waals surface area contributed by atoms with Gasteiger partial charge < -0.3 is 28.4 Å². The van der Waals surface area contributed by atoms with Crippen molar-refractivity contribution < 1.29 is 28.4 Å². The lowest BCUT2D eigenvalue weighted by atomic mass is 9.96. The SMILES string of the molecule is COc1ccc(/C=N/[C@H]2C(OCc3ccccc3)O[C@H](COCc3ccccc3)[C@@H](OCc3ccccc3)[C@@H]2OCc2ccccc2)cc1. The number of nitrogens with zero attached hydrogens (tertiary/aromatic N) is 1. The average Bonchev–Trinajstić information content (AvgIpc) is 3.17. The summed E-state index contributed by atoms with van der Waals surface area (Å²) in [5.74, 6) is 0.777. The number of benzene rings is 5. The molecule has 0 spiro atoms. The van der Waals surface area contributed by atoms with Gasteiger partial charge in [-0.1, -0.05) is 121 Å². The van der Waals surface area contributed by atoms with E-state index >= 15 is 0 Å². The maximum Gasteiger partial charge on any atom is 0.183 e. The maximum atomic E-state index is 6.81. The minimum absolute atomic E-state index is 0.277. The number of methoxy groups -OCH3 is 1. The Morgan fingerprint density at radius 3 is 1.53 bits per heavy atom. The van der Waals surface area contributed by atoms with E-state index in [-0.39, 0.29) is 6.61 Å². The van der Waals surface area contributed by atoms with Crippen LogP contribution in [0.15, 0.2) is 151 Å². The molecule has 49 heavy (non-hydrogen) atoms. The van der Waals surface area contributed by atoms with Gasteiger partial charge in [0.2, 0.25) is 0 Å². The first-order valence-electron chi connectivity index (χ1n) is 16.7. The lowest BCUT2D eigenvalue weighted by Crippen LogP contribution is -2.60. The molecule has 252 valence electrons. The minimum Gasteiger partial charge on any atom is -0.497 e. The Morgan fingerprint density at radius 1 is 0.551 bits per heavy atom. The van der Waals surface area contributed by atoms with Crippen molar-refractivity contribution in [2.45, 2.75) is 57.1 Å². The molecule has 1 heterocycles. The van der Waals surface area contributed by atoms with Crippen LogP contribution in [0, 0.1) is 0 Å². The Kier molecular flexibility index (Phi) is 12.7. The van der Waals surface area contributed by atoms with Gasteiger partial charge in [0.05, 0.1) is 40.1 Å². The summed E-state index contributed by atoms with van der Waals surface area (Å²) in [4.78, 5) is 5.10. The lowest BCUT2D eigenvalue weighted by Gasteiger charge is -2.44. The van der Waals surface area contributed by atoms with Crippen molar-refractivity contribution >= 4 is 6.21 Å². The summed E-state index contributed by atoms with van der Waals surface area (Å²) in [6.45, 7) is 1.81. The summed E-state index contributed by atoms with van der Waals surface area (Å²) < 4.78 is 38.5. The third-order valence-corrected chi connectivity index (χ3v) is 8.35. The van der Waals surface area contributed by atoms with E-state index < -0.39 is 30.6 Å². The van der Waals surface area contributed by atoms with E-state index in [1.807, 2.05) is 128 Å². The summed E-state index contributed by atoms with van der Waals surface area (Å²) in [6.07, 6.45) is -0.447. The van der Waals surface area contributed by atoms with Crippen molar-refractivity contribution in [3.63, 3.8) is 0 Å². The van der Waals surface area contributed by atoms with Crippen LogP contribution in [0.3, 0.4) is 0 Å². The monoisotopic (exact) mass is 657 g/mol.